The van der Waals surface area contributed by atoms with E-state index in [0.29, 0.717) is 5.91 Å². The summed E-state index contributed by atoms with van der Waals surface area (Å²) in [6, 6.07) is 0. The fraction of sp³-hybridized carbons (Fsp3) is 0.981. The Morgan fingerprint density at radius 1 is 0.268 bits per heavy atom. The number of nitrogens with one attached hydrogen (secondary N) is 1. The summed E-state index contributed by atoms with van der Waals surface area (Å²) < 4.78 is 0. The fourth-order valence-electron chi connectivity index (χ4n) is 8.96. The van der Waals surface area contributed by atoms with E-state index >= 15 is 0 Å². The molecule has 0 aromatic heterocycles. The number of carbonyl (C=O) groups excluding carboxylic acids is 1. The van der Waals surface area contributed by atoms with Gasteiger partial charge in [-0.15, -0.1) is 0 Å². The van der Waals surface area contributed by atoms with Crippen LogP contribution in [0, 0.1) is 5.92 Å². The number of hydrogen-bond acceptors (Lipinski definition) is 1. The molecule has 0 saturated heterocycles. The van der Waals surface area contributed by atoms with E-state index in [1.54, 1.807) is 0 Å². The molecule has 1 amide bonds. The summed E-state index contributed by atoms with van der Waals surface area (Å²) in [4.78, 5) is 13.3. The van der Waals surface area contributed by atoms with E-state index in [-0.39, 0.29) is 5.92 Å². The van der Waals surface area contributed by atoms with Crippen LogP contribution in [0.1, 0.15) is 329 Å². The lowest BCUT2D eigenvalue weighted by Crippen LogP contribution is -2.31. The standard InChI is InChI=1S/C54H109NO/c1-4-7-10-13-16-19-22-25-28-30-33-36-39-42-45-48-51-53(50-47-44-41-38-35-32-27-24-21-18-15-12-9-6-3)54(56)55-52-49-46-43-40-37-34-31-29-26-23-20-17-14-11-8-5-2/h53H,4-52H2,1-3H3,(H,55,56). The maximum absolute atomic E-state index is 13.3. The van der Waals surface area contributed by atoms with Gasteiger partial charge in [0.25, 0.3) is 0 Å². The lowest BCUT2D eigenvalue weighted by molar-refractivity contribution is -0.125. The molecule has 0 fully saturated rings. The third-order valence-corrected chi connectivity index (χ3v) is 13.0. The van der Waals surface area contributed by atoms with Gasteiger partial charge in [-0.3, -0.25) is 4.79 Å². The van der Waals surface area contributed by atoms with E-state index in [1.165, 1.54) is 289 Å². The molecule has 0 aliphatic heterocycles. The van der Waals surface area contributed by atoms with E-state index in [1.807, 2.05) is 0 Å². The number of carbonyl (C=O) groups is 1. The van der Waals surface area contributed by atoms with Crippen molar-refractivity contribution in [2.75, 3.05) is 6.54 Å². The molecule has 0 aliphatic rings. The van der Waals surface area contributed by atoms with Crippen molar-refractivity contribution in [3.63, 3.8) is 0 Å². The van der Waals surface area contributed by atoms with Crippen LogP contribution in [0.15, 0.2) is 0 Å². The van der Waals surface area contributed by atoms with Crippen LogP contribution in [-0.4, -0.2) is 12.5 Å². The molecular formula is C54H109NO. The minimum absolute atomic E-state index is 0.250. The minimum Gasteiger partial charge on any atom is -0.356 e. The minimum atomic E-state index is 0.250. The number of amides is 1. The van der Waals surface area contributed by atoms with Crippen LogP contribution in [0.3, 0.4) is 0 Å². The maximum Gasteiger partial charge on any atom is 0.223 e. The van der Waals surface area contributed by atoms with Crippen LogP contribution in [0.25, 0.3) is 0 Å². The predicted molar refractivity (Wildman–Crippen MR) is 255 cm³/mol. The van der Waals surface area contributed by atoms with Gasteiger partial charge >= 0.3 is 0 Å². The van der Waals surface area contributed by atoms with Crippen molar-refractivity contribution in [1.82, 2.24) is 5.32 Å². The van der Waals surface area contributed by atoms with Gasteiger partial charge in [0.2, 0.25) is 5.91 Å². The zero-order valence-electron chi connectivity index (χ0n) is 39.6. The van der Waals surface area contributed by atoms with E-state index in [4.69, 9.17) is 0 Å². The van der Waals surface area contributed by atoms with Crippen molar-refractivity contribution < 1.29 is 4.79 Å². The molecule has 1 N–H and O–H groups in total. The normalized spacial score (nSPS) is 12.1. The van der Waals surface area contributed by atoms with Gasteiger partial charge in [0, 0.05) is 12.5 Å². The van der Waals surface area contributed by atoms with Crippen LogP contribution in [0.2, 0.25) is 0 Å². The molecule has 336 valence electrons. The third-order valence-electron chi connectivity index (χ3n) is 13.0. The molecule has 56 heavy (non-hydrogen) atoms. The first-order valence-electron chi connectivity index (χ1n) is 27.0. The molecule has 0 rings (SSSR count). The smallest absolute Gasteiger partial charge is 0.223 e. The van der Waals surface area contributed by atoms with Crippen molar-refractivity contribution in [2.45, 2.75) is 329 Å². The van der Waals surface area contributed by atoms with Gasteiger partial charge in [0.05, 0.1) is 0 Å². The summed E-state index contributed by atoms with van der Waals surface area (Å²) in [6.45, 7) is 7.81. The summed E-state index contributed by atoms with van der Waals surface area (Å²) in [6.07, 6.45) is 66.8. The molecule has 2 heteroatoms. The van der Waals surface area contributed by atoms with Crippen LogP contribution in [-0.2, 0) is 4.79 Å². The summed E-state index contributed by atoms with van der Waals surface area (Å²) in [5, 5.41) is 3.40. The van der Waals surface area contributed by atoms with Crippen molar-refractivity contribution >= 4 is 5.91 Å². The van der Waals surface area contributed by atoms with Crippen molar-refractivity contribution in [3.05, 3.63) is 0 Å². The highest BCUT2D eigenvalue weighted by Gasteiger charge is 2.17. The Hall–Kier alpha value is -0.530. The molecule has 0 radical (unpaired) electrons. The largest absolute Gasteiger partial charge is 0.356 e. The highest BCUT2D eigenvalue weighted by atomic mass is 16.1. The van der Waals surface area contributed by atoms with Crippen molar-refractivity contribution in [3.8, 4) is 0 Å². The van der Waals surface area contributed by atoms with Gasteiger partial charge in [0.1, 0.15) is 0 Å². The Bertz CT molecular complexity index is 705. The van der Waals surface area contributed by atoms with Gasteiger partial charge in [-0.2, -0.15) is 0 Å². The van der Waals surface area contributed by atoms with E-state index in [2.05, 4.69) is 26.1 Å². The monoisotopic (exact) mass is 788 g/mol. The van der Waals surface area contributed by atoms with Gasteiger partial charge in [-0.1, -0.05) is 310 Å². The molecule has 0 bridgehead atoms. The summed E-state index contributed by atoms with van der Waals surface area (Å²) in [5.41, 5.74) is 0. The van der Waals surface area contributed by atoms with Gasteiger partial charge in [-0.25, -0.2) is 0 Å². The topological polar surface area (TPSA) is 29.1 Å². The molecule has 0 aromatic carbocycles. The second-order valence-electron chi connectivity index (χ2n) is 18.8. The Kier molecular flexibility index (Phi) is 50.1. The van der Waals surface area contributed by atoms with E-state index < -0.39 is 0 Å². The average Bonchev–Trinajstić information content (AvgIpc) is 3.21. The first kappa shape index (κ1) is 55.5. The lowest BCUT2D eigenvalue weighted by atomic mass is 9.93. The molecular weight excluding hydrogens is 679 g/mol. The van der Waals surface area contributed by atoms with E-state index in [0.717, 1.165) is 25.8 Å². The average molecular weight is 788 g/mol. The van der Waals surface area contributed by atoms with Crippen LogP contribution < -0.4 is 5.32 Å². The maximum atomic E-state index is 13.3. The molecule has 0 saturated carbocycles. The van der Waals surface area contributed by atoms with Gasteiger partial charge < -0.3 is 5.32 Å². The molecule has 0 heterocycles. The predicted octanol–water partition coefficient (Wildman–Crippen LogP) is 19.5. The second-order valence-corrected chi connectivity index (χ2v) is 18.8. The fourth-order valence-corrected chi connectivity index (χ4v) is 8.96. The highest BCUT2D eigenvalue weighted by molar-refractivity contribution is 5.78. The number of rotatable bonds is 50. The quantitative estimate of drug-likeness (QED) is 0.0611. The van der Waals surface area contributed by atoms with Crippen LogP contribution >= 0.6 is 0 Å². The summed E-state index contributed by atoms with van der Waals surface area (Å²) in [5.74, 6) is 0.627. The highest BCUT2D eigenvalue weighted by Crippen LogP contribution is 2.21. The SMILES string of the molecule is CCCCCCCCCCCCCCCCCCNC(=O)C(CCCCCCCCCCCCCCCC)CCCCCCCCCCCCCCCCCC. The number of unbranched alkanes of at least 4 members (excludes halogenated alkanes) is 43. The van der Waals surface area contributed by atoms with Gasteiger partial charge in [0.15, 0.2) is 0 Å². The lowest BCUT2D eigenvalue weighted by Gasteiger charge is -2.17. The number of hydrogen-bond donors (Lipinski definition) is 1. The summed E-state index contributed by atoms with van der Waals surface area (Å²) in [7, 11) is 0. The van der Waals surface area contributed by atoms with Crippen LogP contribution in [0.4, 0.5) is 0 Å². The first-order chi connectivity index (χ1) is 27.8. The molecule has 0 aromatic rings. The van der Waals surface area contributed by atoms with Crippen LogP contribution in [0.5, 0.6) is 0 Å². The van der Waals surface area contributed by atoms with Crippen molar-refractivity contribution in [2.24, 2.45) is 5.92 Å². The Balaban J connectivity index is 4.06. The Morgan fingerprint density at radius 3 is 0.661 bits per heavy atom. The summed E-state index contributed by atoms with van der Waals surface area (Å²) >= 11 is 0. The Labute approximate surface area is 356 Å². The van der Waals surface area contributed by atoms with Crippen molar-refractivity contribution in [1.29, 1.82) is 0 Å². The van der Waals surface area contributed by atoms with Gasteiger partial charge in [-0.05, 0) is 19.3 Å². The molecule has 2 nitrogen and oxygen atoms in total. The third kappa shape index (κ3) is 46.2. The molecule has 1 unspecified atom stereocenters. The Morgan fingerprint density at radius 2 is 0.446 bits per heavy atom. The molecule has 0 spiro atoms. The molecule has 1 atom stereocenters. The second kappa shape index (κ2) is 50.6. The first-order valence-corrected chi connectivity index (χ1v) is 27.0. The zero-order valence-corrected chi connectivity index (χ0v) is 39.6. The zero-order chi connectivity index (χ0) is 40.5. The molecule has 0 aliphatic carbocycles. The van der Waals surface area contributed by atoms with E-state index in [9.17, 15) is 4.79 Å².